The van der Waals surface area contributed by atoms with Crippen molar-refractivity contribution in [2.24, 2.45) is 5.92 Å². The Morgan fingerprint density at radius 1 is 1.17 bits per heavy atom. The van der Waals surface area contributed by atoms with E-state index in [0.717, 1.165) is 13.1 Å². The molecule has 0 saturated carbocycles. The van der Waals surface area contributed by atoms with Crippen molar-refractivity contribution < 1.29 is 14.3 Å². The van der Waals surface area contributed by atoms with Crippen LogP contribution in [0.1, 0.15) is 43.5 Å². The number of rotatable bonds is 5. The Morgan fingerprint density at radius 2 is 1.91 bits per heavy atom. The van der Waals surface area contributed by atoms with Crippen LogP contribution in [0.25, 0.3) is 0 Å². The first-order chi connectivity index (χ1) is 11.1. The number of hydrogen-bond acceptors (Lipinski definition) is 4. The molecule has 0 bridgehead atoms. The summed E-state index contributed by atoms with van der Waals surface area (Å²) in [4.78, 5) is 15.0. The summed E-state index contributed by atoms with van der Waals surface area (Å²) in [6, 6.07) is 5.73. The Hall–Kier alpha value is -1.75. The number of amides is 1. The first kappa shape index (κ1) is 16.1. The van der Waals surface area contributed by atoms with Gasteiger partial charge in [-0.1, -0.05) is 20.3 Å². The van der Waals surface area contributed by atoms with Gasteiger partial charge in [0, 0.05) is 18.2 Å². The molecule has 1 aromatic carbocycles. The van der Waals surface area contributed by atoms with Gasteiger partial charge in [-0.25, -0.2) is 0 Å². The number of ether oxygens (including phenoxy) is 2. The highest BCUT2D eigenvalue weighted by Crippen LogP contribution is 2.32. The van der Waals surface area contributed by atoms with Gasteiger partial charge in [-0.3, -0.25) is 9.69 Å². The van der Waals surface area contributed by atoms with Crippen molar-refractivity contribution >= 4 is 5.91 Å². The molecule has 0 aromatic heterocycles. The number of fused-ring (bicyclic) bond motifs is 1. The second-order valence-corrected chi connectivity index (χ2v) is 6.69. The first-order valence-corrected chi connectivity index (χ1v) is 8.57. The Morgan fingerprint density at radius 3 is 2.65 bits per heavy atom. The molecule has 5 nitrogen and oxygen atoms in total. The van der Waals surface area contributed by atoms with Gasteiger partial charge in [0.2, 0.25) is 6.79 Å². The van der Waals surface area contributed by atoms with E-state index >= 15 is 0 Å². The minimum Gasteiger partial charge on any atom is -0.454 e. The van der Waals surface area contributed by atoms with Crippen LogP contribution in [0.3, 0.4) is 0 Å². The monoisotopic (exact) mass is 318 g/mol. The second-order valence-electron chi connectivity index (χ2n) is 6.69. The molecule has 1 amide bonds. The van der Waals surface area contributed by atoms with Crippen molar-refractivity contribution in [1.29, 1.82) is 0 Å². The molecular formula is C18H26N2O3. The van der Waals surface area contributed by atoms with Crippen LogP contribution in [0, 0.1) is 5.92 Å². The fourth-order valence-electron chi connectivity index (χ4n) is 3.37. The van der Waals surface area contributed by atoms with Gasteiger partial charge >= 0.3 is 0 Å². The highest BCUT2D eigenvalue weighted by atomic mass is 16.7. The molecule has 3 rings (SSSR count). The van der Waals surface area contributed by atoms with Crippen molar-refractivity contribution in [3.63, 3.8) is 0 Å². The number of likely N-dealkylation sites (tertiary alicyclic amines) is 1. The number of hydrogen-bond donors (Lipinski definition) is 1. The lowest BCUT2D eigenvalue weighted by molar-refractivity contribution is 0.0895. The van der Waals surface area contributed by atoms with Crippen molar-refractivity contribution in [3.8, 4) is 11.5 Å². The van der Waals surface area contributed by atoms with Crippen LogP contribution in [0.15, 0.2) is 18.2 Å². The van der Waals surface area contributed by atoms with E-state index < -0.39 is 0 Å². The maximum absolute atomic E-state index is 12.4. The number of carbonyl (C=O) groups is 1. The van der Waals surface area contributed by atoms with Crippen molar-refractivity contribution in [2.45, 2.75) is 39.2 Å². The third-order valence-electron chi connectivity index (χ3n) is 4.74. The average Bonchev–Trinajstić information content (AvgIpc) is 3.03. The molecule has 1 aromatic rings. The van der Waals surface area contributed by atoms with E-state index in [-0.39, 0.29) is 12.7 Å². The Labute approximate surface area is 137 Å². The van der Waals surface area contributed by atoms with Crippen LogP contribution in [0.2, 0.25) is 0 Å². The zero-order valence-electron chi connectivity index (χ0n) is 14.0. The van der Waals surface area contributed by atoms with E-state index in [4.69, 9.17) is 9.47 Å². The van der Waals surface area contributed by atoms with Crippen LogP contribution in [0.5, 0.6) is 11.5 Å². The standard InChI is InChI=1S/C18H26N2O3/c1-13(2)15(20-8-4-3-5-9-20)11-19-18(21)14-6-7-16-17(10-14)23-12-22-16/h6-7,10,13,15H,3-5,8-9,11-12H2,1-2H3,(H,19,21). The second kappa shape index (κ2) is 7.21. The van der Waals surface area contributed by atoms with Crippen LogP contribution in [0.4, 0.5) is 0 Å². The largest absolute Gasteiger partial charge is 0.454 e. The van der Waals surface area contributed by atoms with Gasteiger partial charge < -0.3 is 14.8 Å². The zero-order chi connectivity index (χ0) is 16.2. The van der Waals surface area contributed by atoms with E-state index in [1.165, 1.54) is 19.3 Å². The molecule has 126 valence electrons. The maximum Gasteiger partial charge on any atom is 0.251 e. The molecule has 0 aliphatic carbocycles. The van der Waals surface area contributed by atoms with Crippen molar-refractivity contribution in [2.75, 3.05) is 26.4 Å². The molecule has 1 N–H and O–H groups in total. The van der Waals surface area contributed by atoms with E-state index in [9.17, 15) is 4.79 Å². The summed E-state index contributed by atoms with van der Waals surface area (Å²) in [6.45, 7) is 7.65. The summed E-state index contributed by atoms with van der Waals surface area (Å²) in [5.41, 5.74) is 0.621. The van der Waals surface area contributed by atoms with E-state index in [1.807, 2.05) is 0 Å². The molecule has 1 atom stereocenters. The summed E-state index contributed by atoms with van der Waals surface area (Å²) in [5, 5.41) is 3.09. The normalized spacial score (nSPS) is 18.9. The molecule has 0 spiro atoms. The summed E-state index contributed by atoms with van der Waals surface area (Å²) in [5.74, 6) is 1.82. The Bertz CT molecular complexity index is 553. The van der Waals surface area contributed by atoms with Crippen LogP contribution in [-0.2, 0) is 0 Å². The van der Waals surface area contributed by atoms with Crippen LogP contribution >= 0.6 is 0 Å². The SMILES string of the molecule is CC(C)C(CNC(=O)c1ccc2c(c1)OCO2)N1CCCCC1. The molecule has 2 aliphatic rings. The van der Waals surface area contributed by atoms with Crippen LogP contribution in [-0.4, -0.2) is 43.3 Å². The highest BCUT2D eigenvalue weighted by Gasteiger charge is 2.24. The number of benzene rings is 1. The molecule has 23 heavy (non-hydrogen) atoms. The van der Waals surface area contributed by atoms with Gasteiger partial charge in [-0.05, 0) is 50.0 Å². The van der Waals surface area contributed by atoms with E-state index in [0.29, 0.717) is 35.6 Å². The summed E-state index contributed by atoms with van der Waals surface area (Å²) in [6.07, 6.45) is 3.85. The Kier molecular flexibility index (Phi) is 5.06. The summed E-state index contributed by atoms with van der Waals surface area (Å²) < 4.78 is 10.6. The lowest BCUT2D eigenvalue weighted by atomic mass is 9.99. The lowest BCUT2D eigenvalue weighted by Gasteiger charge is -2.37. The Balaban J connectivity index is 1.60. The van der Waals surface area contributed by atoms with Crippen molar-refractivity contribution in [1.82, 2.24) is 10.2 Å². The molecule has 1 unspecified atom stereocenters. The number of carbonyl (C=O) groups excluding carboxylic acids is 1. The number of nitrogens with one attached hydrogen (secondary N) is 1. The van der Waals surface area contributed by atoms with Gasteiger partial charge in [0.05, 0.1) is 0 Å². The topological polar surface area (TPSA) is 50.8 Å². The number of nitrogens with zero attached hydrogens (tertiary/aromatic N) is 1. The summed E-state index contributed by atoms with van der Waals surface area (Å²) >= 11 is 0. The predicted molar refractivity (Wildman–Crippen MR) is 88.9 cm³/mol. The fourth-order valence-corrected chi connectivity index (χ4v) is 3.37. The third-order valence-corrected chi connectivity index (χ3v) is 4.74. The van der Waals surface area contributed by atoms with Gasteiger partial charge in [0.1, 0.15) is 0 Å². The van der Waals surface area contributed by atoms with Crippen molar-refractivity contribution in [3.05, 3.63) is 23.8 Å². The molecule has 2 aliphatic heterocycles. The molecule has 0 radical (unpaired) electrons. The predicted octanol–water partition coefficient (Wildman–Crippen LogP) is 2.66. The molecule has 2 heterocycles. The van der Waals surface area contributed by atoms with E-state index in [1.54, 1.807) is 18.2 Å². The van der Waals surface area contributed by atoms with Gasteiger partial charge in [0.25, 0.3) is 5.91 Å². The van der Waals surface area contributed by atoms with Gasteiger partial charge in [-0.2, -0.15) is 0 Å². The third kappa shape index (κ3) is 3.78. The molecular weight excluding hydrogens is 292 g/mol. The average molecular weight is 318 g/mol. The lowest BCUT2D eigenvalue weighted by Crippen LogP contribution is -2.48. The first-order valence-electron chi connectivity index (χ1n) is 8.57. The van der Waals surface area contributed by atoms with Crippen LogP contribution < -0.4 is 14.8 Å². The minimum absolute atomic E-state index is 0.0500. The van der Waals surface area contributed by atoms with Gasteiger partial charge in [-0.15, -0.1) is 0 Å². The maximum atomic E-state index is 12.4. The quantitative estimate of drug-likeness (QED) is 0.907. The minimum atomic E-state index is -0.0500. The summed E-state index contributed by atoms with van der Waals surface area (Å²) in [7, 11) is 0. The molecule has 1 fully saturated rings. The smallest absolute Gasteiger partial charge is 0.251 e. The highest BCUT2D eigenvalue weighted by molar-refractivity contribution is 5.94. The molecule has 5 heteroatoms. The number of piperidine rings is 1. The van der Waals surface area contributed by atoms with E-state index in [2.05, 4.69) is 24.1 Å². The fraction of sp³-hybridized carbons (Fsp3) is 0.611. The molecule has 1 saturated heterocycles. The zero-order valence-corrected chi connectivity index (χ0v) is 14.0. The van der Waals surface area contributed by atoms with Gasteiger partial charge in [0.15, 0.2) is 11.5 Å².